The van der Waals surface area contributed by atoms with Gasteiger partial charge in [0, 0.05) is 11.6 Å². The minimum atomic E-state index is -0.286. The second-order valence-electron chi connectivity index (χ2n) is 5.12. The van der Waals surface area contributed by atoms with Crippen molar-refractivity contribution in [2.45, 2.75) is 52.5 Å². The van der Waals surface area contributed by atoms with E-state index in [-0.39, 0.29) is 17.6 Å². The SMILES string of the molecule is CCCCN(CCCC)C(C)c1cc(F)ccc1O. The molecule has 0 bridgehead atoms. The predicted octanol–water partition coefficient (Wildman–Crippen LogP) is 4.49. The number of rotatable bonds is 8. The molecule has 0 heterocycles. The van der Waals surface area contributed by atoms with Crippen LogP contribution >= 0.6 is 0 Å². The third-order valence-corrected chi connectivity index (χ3v) is 3.59. The van der Waals surface area contributed by atoms with Gasteiger partial charge < -0.3 is 5.11 Å². The molecule has 0 aromatic heterocycles. The summed E-state index contributed by atoms with van der Waals surface area (Å²) in [7, 11) is 0. The topological polar surface area (TPSA) is 23.5 Å². The van der Waals surface area contributed by atoms with Gasteiger partial charge in [0.2, 0.25) is 0 Å². The molecule has 2 nitrogen and oxygen atoms in total. The van der Waals surface area contributed by atoms with Gasteiger partial charge in [-0.05, 0) is 51.1 Å². The number of benzene rings is 1. The Labute approximate surface area is 116 Å². The lowest BCUT2D eigenvalue weighted by atomic mass is 10.0. The normalized spacial score (nSPS) is 12.9. The number of halogens is 1. The number of phenols is 1. The molecule has 0 aliphatic carbocycles. The van der Waals surface area contributed by atoms with E-state index < -0.39 is 0 Å². The summed E-state index contributed by atoms with van der Waals surface area (Å²) >= 11 is 0. The maximum absolute atomic E-state index is 13.3. The summed E-state index contributed by atoms with van der Waals surface area (Å²) in [6, 6.07) is 4.24. The molecule has 1 aromatic rings. The van der Waals surface area contributed by atoms with Crippen molar-refractivity contribution in [3.05, 3.63) is 29.6 Å². The van der Waals surface area contributed by atoms with Crippen molar-refractivity contribution >= 4 is 0 Å². The fraction of sp³-hybridized carbons (Fsp3) is 0.625. The average molecular weight is 267 g/mol. The first kappa shape index (κ1) is 16.0. The number of hydrogen-bond donors (Lipinski definition) is 1. The molecule has 3 heteroatoms. The number of hydrogen-bond acceptors (Lipinski definition) is 2. The minimum absolute atomic E-state index is 0.0498. The first-order valence-electron chi connectivity index (χ1n) is 7.32. The van der Waals surface area contributed by atoms with Crippen molar-refractivity contribution in [2.75, 3.05) is 13.1 Å². The number of phenolic OH excluding ortho intramolecular Hbond substituents is 1. The van der Waals surface area contributed by atoms with Crippen LogP contribution in [0.3, 0.4) is 0 Å². The lowest BCUT2D eigenvalue weighted by Gasteiger charge is -2.29. The van der Waals surface area contributed by atoms with E-state index in [9.17, 15) is 9.50 Å². The predicted molar refractivity (Wildman–Crippen MR) is 77.9 cm³/mol. The highest BCUT2D eigenvalue weighted by molar-refractivity contribution is 5.34. The Kier molecular flexibility index (Phi) is 6.85. The quantitative estimate of drug-likeness (QED) is 0.750. The van der Waals surface area contributed by atoms with E-state index in [4.69, 9.17) is 0 Å². The third-order valence-electron chi connectivity index (χ3n) is 3.59. The van der Waals surface area contributed by atoms with Gasteiger partial charge in [-0.1, -0.05) is 26.7 Å². The van der Waals surface area contributed by atoms with Crippen LogP contribution in [0.2, 0.25) is 0 Å². The number of aromatic hydroxyl groups is 1. The standard InChI is InChI=1S/C16H26FNO/c1-4-6-10-18(11-7-5-2)13(3)15-12-14(17)8-9-16(15)19/h8-9,12-13,19H,4-7,10-11H2,1-3H3. The first-order valence-corrected chi connectivity index (χ1v) is 7.32. The fourth-order valence-electron chi connectivity index (χ4n) is 2.28. The fourth-order valence-corrected chi connectivity index (χ4v) is 2.28. The zero-order valence-corrected chi connectivity index (χ0v) is 12.3. The summed E-state index contributed by atoms with van der Waals surface area (Å²) in [5.74, 6) is -0.0996. The van der Waals surface area contributed by atoms with Gasteiger partial charge in [0.05, 0.1) is 0 Å². The van der Waals surface area contributed by atoms with Crippen LogP contribution in [0.5, 0.6) is 5.75 Å². The summed E-state index contributed by atoms with van der Waals surface area (Å²) in [5.41, 5.74) is 0.687. The largest absolute Gasteiger partial charge is 0.508 e. The van der Waals surface area contributed by atoms with Crippen LogP contribution in [0.15, 0.2) is 18.2 Å². The molecule has 0 saturated carbocycles. The molecular formula is C16H26FNO. The van der Waals surface area contributed by atoms with Gasteiger partial charge in [-0.3, -0.25) is 4.90 Å². The van der Waals surface area contributed by atoms with Gasteiger partial charge in [-0.25, -0.2) is 4.39 Å². The summed E-state index contributed by atoms with van der Waals surface area (Å²) in [6.07, 6.45) is 4.54. The van der Waals surface area contributed by atoms with Crippen molar-refractivity contribution < 1.29 is 9.50 Å². The maximum Gasteiger partial charge on any atom is 0.123 e. The van der Waals surface area contributed by atoms with Gasteiger partial charge in [-0.2, -0.15) is 0 Å². The molecule has 1 N–H and O–H groups in total. The summed E-state index contributed by atoms with van der Waals surface area (Å²) < 4.78 is 13.3. The van der Waals surface area contributed by atoms with Gasteiger partial charge in [0.1, 0.15) is 11.6 Å². The second-order valence-corrected chi connectivity index (χ2v) is 5.12. The third kappa shape index (κ3) is 4.83. The van der Waals surface area contributed by atoms with Crippen LogP contribution in [0.25, 0.3) is 0 Å². The molecule has 1 aromatic carbocycles. The van der Waals surface area contributed by atoms with Crippen LogP contribution in [0.4, 0.5) is 4.39 Å². The highest BCUT2D eigenvalue weighted by Crippen LogP contribution is 2.29. The first-order chi connectivity index (χ1) is 9.10. The number of nitrogens with zero attached hydrogens (tertiary/aromatic N) is 1. The maximum atomic E-state index is 13.3. The Morgan fingerprint density at radius 3 is 2.26 bits per heavy atom. The monoisotopic (exact) mass is 267 g/mol. The number of unbranched alkanes of at least 4 members (excludes halogenated alkanes) is 2. The Hall–Kier alpha value is -1.09. The molecule has 0 radical (unpaired) electrons. The smallest absolute Gasteiger partial charge is 0.123 e. The molecule has 0 amide bonds. The molecule has 108 valence electrons. The Balaban J connectivity index is 2.83. The van der Waals surface area contributed by atoms with Gasteiger partial charge >= 0.3 is 0 Å². The summed E-state index contributed by atoms with van der Waals surface area (Å²) in [6.45, 7) is 8.37. The van der Waals surface area contributed by atoms with E-state index in [0.717, 1.165) is 38.8 Å². The lowest BCUT2D eigenvalue weighted by molar-refractivity contribution is 0.200. The Morgan fingerprint density at radius 2 is 1.74 bits per heavy atom. The average Bonchev–Trinajstić information content (AvgIpc) is 2.41. The van der Waals surface area contributed by atoms with Crippen molar-refractivity contribution in [3.63, 3.8) is 0 Å². The van der Waals surface area contributed by atoms with Crippen molar-refractivity contribution in [2.24, 2.45) is 0 Å². The van der Waals surface area contributed by atoms with Crippen LogP contribution in [0.1, 0.15) is 58.1 Å². The van der Waals surface area contributed by atoms with E-state index in [1.165, 1.54) is 18.2 Å². The van der Waals surface area contributed by atoms with E-state index in [1.807, 2.05) is 6.92 Å². The van der Waals surface area contributed by atoms with E-state index in [0.29, 0.717) is 5.56 Å². The van der Waals surface area contributed by atoms with Crippen molar-refractivity contribution in [1.29, 1.82) is 0 Å². The van der Waals surface area contributed by atoms with Gasteiger partial charge in [0.15, 0.2) is 0 Å². The molecule has 0 aliphatic rings. The zero-order valence-electron chi connectivity index (χ0n) is 12.3. The van der Waals surface area contributed by atoms with E-state index in [2.05, 4.69) is 18.7 Å². The Bertz CT molecular complexity index is 373. The van der Waals surface area contributed by atoms with Gasteiger partial charge in [0.25, 0.3) is 0 Å². The molecule has 1 rings (SSSR count). The van der Waals surface area contributed by atoms with Crippen molar-refractivity contribution in [1.82, 2.24) is 4.90 Å². The summed E-state index contributed by atoms with van der Waals surface area (Å²) in [5, 5.41) is 9.91. The van der Waals surface area contributed by atoms with Crippen LogP contribution in [-0.4, -0.2) is 23.1 Å². The molecule has 0 saturated heterocycles. The van der Waals surface area contributed by atoms with Crippen LogP contribution in [0, 0.1) is 5.82 Å². The molecule has 1 unspecified atom stereocenters. The highest BCUT2D eigenvalue weighted by Gasteiger charge is 2.18. The lowest BCUT2D eigenvalue weighted by Crippen LogP contribution is -2.29. The van der Waals surface area contributed by atoms with Crippen molar-refractivity contribution in [3.8, 4) is 5.75 Å². The van der Waals surface area contributed by atoms with E-state index >= 15 is 0 Å². The molecular weight excluding hydrogens is 241 g/mol. The second kappa shape index (κ2) is 8.16. The molecule has 0 aliphatic heterocycles. The molecule has 1 atom stereocenters. The van der Waals surface area contributed by atoms with E-state index in [1.54, 1.807) is 0 Å². The minimum Gasteiger partial charge on any atom is -0.508 e. The highest BCUT2D eigenvalue weighted by atomic mass is 19.1. The van der Waals surface area contributed by atoms with Crippen LogP contribution in [-0.2, 0) is 0 Å². The molecule has 0 spiro atoms. The Morgan fingerprint density at radius 1 is 1.16 bits per heavy atom. The van der Waals surface area contributed by atoms with Crippen LogP contribution < -0.4 is 0 Å². The molecule has 19 heavy (non-hydrogen) atoms. The van der Waals surface area contributed by atoms with Gasteiger partial charge in [-0.15, -0.1) is 0 Å². The summed E-state index contributed by atoms with van der Waals surface area (Å²) in [4.78, 5) is 2.33. The zero-order chi connectivity index (χ0) is 14.3. The molecule has 0 fully saturated rings.